The SMILES string of the molecule is CC(OCCO)(c1ccccc1)c1ccc(Cl)cc1. The van der Waals surface area contributed by atoms with Crippen LogP contribution in [0.5, 0.6) is 0 Å². The number of ether oxygens (including phenoxy) is 1. The highest BCUT2D eigenvalue weighted by atomic mass is 35.5. The third kappa shape index (κ3) is 3.16. The predicted octanol–water partition coefficient (Wildman–Crippen LogP) is 3.61. The van der Waals surface area contributed by atoms with E-state index in [1.807, 2.05) is 61.5 Å². The first-order valence-corrected chi connectivity index (χ1v) is 6.61. The summed E-state index contributed by atoms with van der Waals surface area (Å²) in [4.78, 5) is 0. The minimum Gasteiger partial charge on any atom is -0.394 e. The molecule has 100 valence electrons. The molecule has 0 amide bonds. The Bertz CT molecular complexity index is 510. The Kier molecular flexibility index (Phi) is 4.59. The van der Waals surface area contributed by atoms with Gasteiger partial charge in [0.1, 0.15) is 5.60 Å². The molecule has 2 nitrogen and oxygen atoms in total. The van der Waals surface area contributed by atoms with Crippen LogP contribution in [0, 0.1) is 0 Å². The van der Waals surface area contributed by atoms with Crippen LogP contribution >= 0.6 is 11.6 Å². The van der Waals surface area contributed by atoms with E-state index in [0.29, 0.717) is 5.02 Å². The number of aliphatic hydroxyl groups excluding tert-OH is 1. The van der Waals surface area contributed by atoms with Crippen LogP contribution in [0.2, 0.25) is 5.02 Å². The topological polar surface area (TPSA) is 29.5 Å². The Labute approximate surface area is 118 Å². The van der Waals surface area contributed by atoms with E-state index in [0.717, 1.165) is 11.1 Å². The largest absolute Gasteiger partial charge is 0.394 e. The van der Waals surface area contributed by atoms with Crippen molar-refractivity contribution in [3.8, 4) is 0 Å². The molecule has 0 radical (unpaired) electrons. The van der Waals surface area contributed by atoms with Crippen molar-refractivity contribution in [2.75, 3.05) is 13.2 Å². The zero-order chi connectivity index (χ0) is 13.7. The molecule has 0 aliphatic heterocycles. The number of hydrogen-bond acceptors (Lipinski definition) is 2. The van der Waals surface area contributed by atoms with Crippen molar-refractivity contribution >= 4 is 11.6 Å². The maximum atomic E-state index is 9.02. The number of hydrogen-bond donors (Lipinski definition) is 1. The quantitative estimate of drug-likeness (QED) is 0.904. The minimum absolute atomic E-state index is 0.00396. The molecule has 0 saturated carbocycles. The van der Waals surface area contributed by atoms with E-state index in [9.17, 15) is 0 Å². The molecule has 1 N–H and O–H groups in total. The van der Waals surface area contributed by atoms with Crippen molar-refractivity contribution in [1.29, 1.82) is 0 Å². The van der Waals surface area contributed by atoms with Gasteiger partial charge in [-0.15, -0.1) is 0 Å². The lowest BCUT2D eigenvalue weighted by Gasteiger charge is -2.31. The van der Waals surface area contributed by atoms with Crippen molar-refractivity contribution in [3.63, 3.8) is 0 Å². The third-order valence-electron chi connectivity index (χ3n) is 3.20. The lowest BCUT2D eigenvalue weighted by molar-refractivity contribution is -0.0213. The molecular weight excluding hydrogens is 260 g/mol. The molecule has 1 atom stereocenters. The smallest absolute Gasteiger partial charge is 0.115 e. The van der Waals surface area contributed by atoms with E-state index in [1.54, 1.807) is 0 Å². The van der Waals surface area contributed by atoms with E-state index in [4.69, 9.17) is 21.4 Å². The molecule has 19 heavy (non-hydrogen) atoms. The highest BCUT2D eigenvalue weighted by molar-refractivity contribution is 6.30. The second-order valence-corrected chi connectivity index (χ2v) is 4.91. The van der Waals surface area contributed by atoms with Gasteiger partial charge in [0.05, 0.1) is 13.2 Å². The Morgan fingerprint density at radius 2 is 1.58 bits per heavy atom. The van der Waals surface area contributed by atoms with Gasteiger partial charge in [0, 0.05) is 5.02 Å². The van der Waals surface area contributed by atoms with Crippen molar-refractivity contribution in [3.05, 3.63) is 70.7 Å². The number of benzene rings is 2. The van der Waals surface area contributed by atoms with E-state index < -0.39 is 5.60 Å². The molecule has 1 unspecified atom stereocenters. The summed E-state index contributed by atoms with van der Waals surface area (Å²) in [6, 6.07) is 17.6. The van der Waals surface area contributed by atoms with Gasteiger partial charge in [0.25, 0.3) is 0 Å². The van der Waals surface area contributed by atoms with Crippen LogP contribution in [0.3, 0.4) is 0 Å². The van der Waals surface area contributed by atoms with Gasteiger partial charge >= 0.3 is 0 Å². The average molecular weight is 277 g/mol. The molecule has 0 saturated heterocycles. The molecule has 3 heteroatoms. The molecule has 0 bridgehead atoms. The van der Waals surface area contributed by atoms with Crippen LogP contribution in [0.4, 0.5) is 0 Å². The van der Waals surface area contributed by atoms with Crippen LogP contribution in [-0.4, -0.2) is 18.3 Å². The fourth-order valence-corrected chi connectivity index (χ4v) is 2.23. The van der Waals surface area contributed by atoms with Gasteiger partial charge in [0.2, 0.25) is 0 Å². The number of rotatable bonds is 5. The van der Waals surface area contributed by atoms with Crippen LogP contribution < -0.4 is 0 Å². The highest BCUT2D eigenvalue weighted by Crippen LogP contribution is 2.33. The summed E-state index contributed by atoms with van der Waals surface area (Å²) in [6.07, 6.45) is 0. The molecule has 2 rings (SSSR count). The Balaban J connectivity index is 2.42. The molecule has 0 aliphatic carbocycles. The molecule has 0 fully saturated rings. The van der Waals surface area contributed by atoms with Crippen LogP contribution in [0.1, 0.15) is 18.1 Å². The molecule has 0 aromatic heterocycles. The van der Waals surface area contributed by atoms with Gasteiger partial charge in [-0.25, -0.2) is 0 Å². The second kappa shape index (κ2) is 6.20. The van der Waals surface area contributed by atoms with E-state index >= 15 is 0 Å². The monoisotopic (exact) mass is 276 g/mol. The van der Waals surface area contributed by atoms with Gasteiger partial charge in [-0.2, -0.15) is 0 Å². The maximum Gasteiger partial charge on any atom is 0.115 e. The lowest BCUT2D eigenvalue weighted by atomic mass is 9.88. The maximum absolute atomic E-state index is 9.02. The summed E-state index contributed by atoms with van der Waals surface area (Å²) in [6.45, 7) is 2.28. The summed E-state index contributed by atoms with van der Waals surface area (Å²) < 4.78 is 5.90. The fraction of sp³-hybridized carbons (Fsp3) is 0.250. The number of aliphatic hydroxyl groups is 1. The first-order valence-electron chi connectivity index (χ1n) is 6.23. The van der Waals surface area contributed by atoms with Crippen LogP contribution in [-0.2, 0) is 10.3 Å². The van der Waals surface area contributed by atoms with Gasteiger partial charge < -0.3 is 9.84 Å². The first kappa shape index (κ1) is 14.1. The molecular formula is C16H17ClO2. The summed E-state index contributed by atoms with van der Waals surface area (Å²) in [7, 11) is 0. The van der Waals surface area contributed by atoms with E-state index in [1.165, 1.54) is 0 Å². The summed E-state index contributed by atoms with van der Waals surface area (Å²) in [5.41, 5.74) is 1.47. The van der Waals surface area contributed by atoms with Crippen molar-refractivity contribution in [2.24, 2.45) is 0 Å². The van der Waals surface area contributed by atoms with Gasteiger partial charge in [-0.3, -0.25) is 0 Å². The zero-order valence-electron chi connectivity index (χ0n) is 10.8. The first-order chi connectivity index (χ1) is 9.16. The fourth-order valence-electron chi connectivity index (χ4n) is 2.11. The normalized spacial score (nSPS) is 14.1. The second-order valence-electron chi connectivity index (χ2n) is 4.48. The summed E-state index contributed by atoms with van der Waals surface area (Å²) in [5.74, 6) is 0. The minimum atomic E-state index is -0.589. The molecule has 0 heterocycles. The predicted molar refractivity (Wildman–Crippen MR) is 77.4 cm³/mol. The van der Waals surface area contributed by atoms with E-state index in [-0.39, 0.29) is 13.2 Å². The van der Waals surface area contributed by atoms with Gasteiger partial charge in [-0.05, 0) is 30.2 Å². The molecule has 2 aromatic rings. The zero-order valence-corrected chi connectivity index (χ0v) is 11.6. The van der Waals surface area contributed by atoms with E-state index in [2.05, 4.69) is 0 Å². The average Bonchev–Trinajstić information content (AvgIpc) is 2.46. The number of halogens is 1. The standard InChI is InChI=1S/C16H17ClO2/c1-16(19-12-11-18,13-5-3-2-4-6-13)14-7-9-15(17)10-8-14/h2-10,18H,11-12H2,1H3. The van der Waals surface area contributed by atoms with Crippen LogP contribution in [0.25, 0.3) is 0 Å². The highest BCUT2D eigenvalue weighted by Gasteiger charge is 2.29. The van der Waals surface area contributed by atoms with Crippen molar-refractivity contribution in [2.45, 2.75) is 12.5 Å². The third-order valence-corrected chi connectivity index (χ3v) is 3.45. The lowest BCUT2D eigenvalue weighted by Crippen LogP contribution is -2.28. The summed E-state index contributed by atoms with van der Waals surface area (Å²) in [5, 5.41) is 9.72. The van der Waals surface area contributed by atoms with Gasteiger partial charge in [-0.1, -0.05) is 54.1 Å². The van der Waals surface area contributed by atoms with Crippen molar-refractivity contribution in [1.82, 2.24) is 0 Å². The molecule has 0 aliphatic rings. The van der Waals surface area contributed by atoms with Gasteiger partial charge in [0.15, 0.2) is 0 Å². The summed E-state index contributed by atoms with van der Waals surface area (Å²) >= 11 is 5.93. The Morgan fingerprint density at radius 3 is 2.16 bits per heavy atom. The van der Waals surface area contributed by atoms with Crippen LogP contribution in [0.15, 0.2) is 54.6 Å². The molecule has 0 spiro atoms. The van der Waals surface area contributed by atoms with Crippen molar-refractivity contribution < 1.29 is 9.84 Å². The Morgan fingerprint density at radius 1 is 1.00 bits per heavy atom. The Hall–Kier alpha value is -1.35. The molecule has 2 aromatic carbocycles.